The maximum Gasteiger partial charge on any atom is 0.136 e. The zero-order valence-electron chi connectivity index (χ0n) is 19.7. The van der Waals surface area contributed by atoms with Gasteiger partial charge in [0.1, 0.15) is 12.1 Å². The molecule has 10 unspecified atom stereocenters. The molecule has 5 fully saturated rings. The number of fused-ring (bicyclic) bond motifs is 7. The van der Waals surface area contributed by atoms with E-state index in [0.717, 1.165) is 37.5 Å². The van der Waals surface area contributed by atoms with Crippen LogP contribution in [0.2, 0.25) is 0 Å². The van der Waals surface area contributed by atoms with Crippen molar-refractivity contribution in [2.24, 2.45) is 57.7 Å². The molecule has 5 rings (SSSR count). The molecule has 0 aromatic carbocycles. The van der Waals surface area contributed by atoms with Gasteiger partial charge >= 0.3 is 0 Å². The maximum absolute atomic E-state index is 12.5. The number of carbonyl (C=O) groups excluding carboxylic acids is 2. The molecule has 2 heteroatoms. The number of rotatable bonds is 2. The molecule has 10 atom stereocenters. The second-order valence-corrected chi connectivity index (χ2v) is 12.7. The molecule has 2 nitrogen and oxygen atoms in total. The minimum atomic E-state index is -0.0686. The molecule has 30 heavy (non-hydrogen) atoms. The lowest BCUT2D eigenvalue weighted by atomic mass is 9.37. The molecular weight excluding hydrogens is 368 g/mol. The number of allylic oxidation sites excluding steroid dienone is 1. The number of aldehydes is 1. The van der Waals surface area contributed by atoms with Crippen molar-refractivity contribution in [1.82, 2.24) is 0 Å². The van der Waals surface area contributed by atoms with Crippen molar-refractivity contribution >= 4 is 12.1 Å². The average molecular weight is 411 g/mol. The quantitative estimate of drug-likeness (QED) is 0.378. The Hall–Kier alpha value is -0.920. The van der Waals surface area contributed by atoms with Crippen molar-refractivity contribution in [3.63, 3.8) is 0 Å². The van der Waals surface area contributed by atoms with E-state index in [1.807, 2.05) is 0 Å². The Kier molecular flexibility index (Phi) is 4.74. The molecule has 0 N–H and O–H groups in total. The SMILES string of the molecule is C=C(C)C1CCC2(C=O)CCC3C(CCC4C5(C)CCC(=O)C(C)C5CCC34C)C12. The van der Waals surface area contributed by atoms with Gasteiger partial charge in [0.2, 0.25) is 0 Å². The molecule has 0 aliphatic heterocycles. The van der Waals surface area contributed by atoms with Crippen LogP contribution in [0, 0.1) is 57.7 Å². The molecule has 166 valence electrons. The lowest BCUT2D eigenvalue weighted by molar-refractivity contribution is -0.186. The number of Topliss-reactive ketones (excluding diaryl/α,β-unsaturated/α-hetero) is 1. The molecule has 5 aliphatic carbocycles. The smallest absolute Gasteiger partial charge is 0.136 e. The summed E-state index contributed by atoms with van der Waals surface area (Å²) in [7, 11) is 0. The molecule has 0 bridgehead atoms. The third kappa shape index (κ3) is 2.54. The van der Waals surface area contributed by atoms with Crippen LogP contribution in [0.1, 0.15) is 91.9 Å². The van der Waals surface area contributed by atoms with Gasteiger partial charge in [0, 0.05) is 17.8 Å². The topological polar surface area (TPSA) is 34.1 Å². The minimum Gasteiger partial charge on any atom is -0.303 e. The molecule has 5 aliphatic rings. The Labute approximate surface area is 183 Å². The highest BCUT2D eigenvalue weighted by atomic mass is 16.1. The van der Waals surface area contributed by atoms with E-state index in [4.69, 9.17) is 0 Å². The first-order valence-electron chi connectivity index (χ1n) is 12.8. The van der Waals surface area contributed by atoms with Crippen LogP contribution in [0.15, 0.2) is 12.2 Å². The van der Waals surface area contributed by atoms with Crippen molar-refractivity contribution in [3.8, 4) is 0 Å². The standard InChI is InChI=1S/C28H42O2/c1-17(2)19-8-14-28(16-29)15-10-22-20(25(19)28)6-7-24-26(4)13-11-23(30)18(3)21(26)9-12-27(22,24)5/h16,18-22,24-25H,1,6-15H2,2-5H3. The van der Waals surface area contributed by atoms with E-state index in [-0.39, 0.29) is 11.3 Å². The summed E-state index contributed by atoms with van der Waals surface area (Å²) in [5.74, 6) is 4.61. The monoisotopic (exact) mass is 410 g/mol. The normalized spacial score (nSPS) is 55.1. The van der Waals surface area contributed by atoms with Crippen LogP contribution in [0.25, 0.3) is 0 Å². The van der Waals surface area contributed by atoms with Gasteiger partial charge in [-0.2, -0.15) is 0 Å². The second kappa shape index (κ2) is 6.79. The molecule has 0 heterocycles. The van der Waals surface area contributed by atoms with E-state index < -0.39 is 0 Å². The summed E-state index contributed by atoms with van der Waals surface area (Å²) in [5, 5.41) is 0. The predicted molar refractivity (Wildman–Crippen MR) is 121 cm³/mol. The Morgan fingerprint density at radius 3 is 2.33 bits per heavy atom. The number of hydrogen-bond acceptors (Lipinski definition) is 2. The highest BCUT2D eigenvalue weighted by molar-refractivity contribution is 5.82. The van der Waals surface area contributed by atoms with Gasteiger partial charge in [-0.05, 0) is 111 Å². The fourth-order valence-electron chi connectivity index (χ4n) is 10.5. The van der Waals surface area contributed by atoms with Crippen molar-refractivity contribution < 1.29 is 9.59 Å². The van der Waals surface area contributed by atoms with E-state index in [1.54, 1.807) is 0 Å². The lowest BCUT2D eigenvalue weighted by Crippen LogP contribution is -2.61. The van der Waals surface area contributed by atoms with Gasteiger partial charge in [-0.1, -0.05) is 32.9 Å². The highest BCUT2D eigenvalue weighted by Gasteiger charge is 2.65. The number of carbonyl (C=O) groups is 2. The summed E-state index contributed by atoms with van der Waals surface area (Å²) in [6.07, 6.45) is 13.0. The average Bonchev–Trinajstić information content (AvgIpc) is 3.12. The van der Waals surface area contributed by atoms with Crippen LogP contribution < -0.4 is 0 Å². The van der Waals surface area contributed by atoms with Crippen molar-refractivity contribution in [1.29, 1.82) is 0 Å². The summed E-state index contributed by atoms with van der Waals surface area (Å²) in [4.78, 5) is 24.9. The van der Waals surface area contributed by atoms with Gasteiger partial charge in [-0.15, -0.1) is 0 Å². The van der Waals surface area contributed by atoms with E-state index in [2.05, 4.69) is 34.3 Å². The Morgan fingerprint density at radius 2 is 1.63 bits per heavy atom. The van der Waals surface area contributed by atoms with Gasteiger partial charge < -0.3 is 4.79 Å². The summed E-state index contributed by atoms with van der Waals surface area (Å²) in [5.41, 5.74) is 1.95. The highest BCUT2D eigenvalue weighted by Crippen LogP contribution is 2.72. The van der Waals surface area contributed by atoms with E-state index >= 15 is 0 Å². The molecule has 0 aromatic rings. The summed E-state index contributed by atoms with van der Waals surface area (Å²) >= 11 is 0. The zero-order chi connectivity index (χ0) is 21.5. The molecule has 0 spiro atoms. The zero-order valence-corrected chi connectivity index (χ0v) is 19.7. The second-order valence-electron chi connectivity index (χ2n) is 12.7. The van der Waals surface area contributed by atoms with Crippen LogP contribution >= 0.6 is 0 Å². The Bertz CT molecular complexity index is 769. The summed E-state index contributed by atoms with van der Waals surface area (Å²) < 4.78 is 0. The fraction of sp³-hybridized carbons (Fsp3) is 0.857. The molecular formula is C28H42O2. The largest absolute Gasteiger partial charge is 0.303 e. The van der Waals surface area contributed by atoms with Crippen LogP contribution in [0.5, 0.6) is 0 Å². The number of hydrogen-bond donors (Lipinski definition) is 0. The van der Waals surface area contributed by atoms with Crippen LogP contribution in [0.3, 0.4) is 0 Å². The van der Waals surface area contributed by atoms with Crippen molar-refractivity contribution in [3.05, 3.63) is 12.2 Å². The van der Waals surface area contributed by atoms with E-state index in [1.165, 1.54) is 50.4 Å². The Balaban J connectivity index is 1.50. The molecule has 0 saturated heterocycles. The van der Waals surface area contributed by atoms with Gasteiger partial charge in [0.15, 0.2) is 0 Å². The first-order chi connectivity index (χ1) is 14.2. The minimum absolute atomic E-state index is 0.0686. The molecule has 0 radical (unpaired) electrons. The maximum atomic E-state index is 12.5. The lowest BCUT2D eigenvalue weighted by Gasteiger charge is -2.67. The first-order valence-corrected chi connectivity index (χ1v) is 12.8. The third-order valence-electron chi connectivity index (χ3n) is 11.9. The van der Waals surface area contributed by atoms with Crippen molar-refractivity contribution in [2.45, 2.75) is 91.9 Å². The summed E-state index contributed by atoms with van der Waals surface area (Å²) in [6, 6.07) is 0. The summed E-state index contributed by atoms with van der Waals surface area (Å²) in [6.45, 7) is 14.0. The Morgan fingerprint density at radius 1 is 0.967 bits per heavy atom. The van der Waals surface area contributed by atoms with Crippen molar-refractivity contribution in [2.75, 3.05) is 0 Å². The van der Waals surface area contributed by atoms with E-state index in [0.29, 0.717) is 40.3 Å². The van der Waals surface area contributed by atoms with Crippen LogP contribution in [0.4, 0.5) is 0 Å². The van der Waals surface area contributed by atoms with Gasteiger partial charge in [0.05, 0.1) is 0 Å². The van der Waals surface area contributed by atoms with Gasteiger partial charge in [-0.25, -0.2) is 0 Å². The fourth-order valence-corrected chi connectivity index (χ4v) is 10.5. The third-order valence-corrected chi connectivity index (χ3v) is 11.9. The molecule has 0 aromatic heterocycles. The van der Waals surface area contributed by atoms with Crippen LogP contribution in [-0.2, 0) is 9.59 Å². The predicted octanol–water partition coefficient (Wildman–Crippen LogP) is 6.63. The number of ketones is 1. The van der Waals surface area contributed by atoms with Gasteiger partial charge in [-0.3, -0.25) is 4.79 Å². The van der Waals surface area contributed by atoms with E-state index in [9.17, 15) is 9.59 Å². The van der Waals surface area contributed by atoms with Crippen LogP contribution in [-0.4, -0.2) is 12.1 Å². The molecule has 0 amide bonds. The van der Waals surface area contributed by atoms with Gasteiger partial charge in [0.25, 0.3) is 0 Å². The molecule has 5 saturated carbocycles. The first kappa shape index (κ1) is 21.0.